The maximum atomic E-state index is 12.3. The van der Waals surface area contributed by atoms with Crippen LogP contribution in [0.3, 0.4) is 0 Å². The smallest absolute Gasteiger partial charge is 0.306 e. The van der Waals surface area contributed by atoms with E-state index in [1.54, 1.807) is 0 Å². The van der Waals surface area contributed by atoms with E-state index in [0.29, 0.717) is 13.0 Å². The average molecular weight is 428 g/mol. The summed E-state index contributed by atoms with van der Waals surface area (Å²) in [6.45, 7) is 8.65. The molecule has 2 aromatic carbocycles. The van der Waals surface area contributed by atoms with Gasteiger partial charge >= 0.3 is 5.97 Å². The average Bonchev–Trinajstić information content (AvgIpc) is 2.71. The fraction of sp³-hybridized carbons (Fsp3) is 0.500. The van der Waals surface area contributed by atoms with E-state index in [2.05, 4.69) is 61.6 Å². The largest absolute Gasteiger partial charge is 0.466 e. The standard InChI is InChI=1S/C26H34ClNO2/c1-5-30-25(29)16-21-7-6-8-24(26(21)22-14-11-18(3)23(27)15-22)28-19(4)20-12-9-17(2)10-13-20/h9-15,19,21,24,26,28H,5-8,16H2,1-4H3. The van der Waals surface area contributed by atoms with Gasteiger partial charge in [-0.25, -0.2) is 0 Å². The number of carbonyl (C=O) groups excluding carboxylic acids is 1. The van der Waals surface area contributed by atoms with Crippen molar-refractivity contribution in [1.82, 2.24) is 5.32 Å². The van der Waals surface area contributed by atoms with Crippen LogP contribution in [0.1, 0.15) is 73.7 Å². The van der Waals surface area contributed by atoms with Crippen LogP contribution >= 0.6 is 11.6 Å². The van der Waals surface area contributed by atoms with Crippen molar-refractivity contribution in [1.29, 1.82) is 0 Å². The Bertz CT molecular complexity index is 849. The van der Waals surface area contributed by atoms with Gasteiger partial charge in [0, 0.05) is 29.4 Å². The number of nitrogens with one attached hydrogen (secondary N) is 1. The molecule has 0 radical (unpaired) electrons. The molecule has 0 aliphatic heterocycles. The van der Waals surface area contributed by atoms with Gasteiger partial charge in [0.05, 0.1) is 6.61 Å². The molecular formula is C26H34ClNO2. The van der Waals surface area contributed by atoms with Crippen LogP contribution in [-0.2, 0) is 9.53 Å². The number of rotatable bonds is 7. The second-order valence-electron chi connectivity index (χ2n) is 8.64. The van der Waals surface area contributed by atoms with Crippen molar-refractivity contribution in [3.05, 3.63) is 69.7 Å². The third-order valence-corrected chi connectivity index (χ3v) is 6.80. The van der Waals surface area contributed by atoms with Crippen molar-refractivity contribution >= 4 is 17.6 Å². The number of benzene rings is 2. The lowest BCUT2D eigenvalue weighted by Crippen LogP contribution is -2.43. The summed E-state index contributed by atoms with van der Waals surface area (Å²) < 4.78 is 5.28. The second kappa shape index (κ2) is 10.5. The van der Waals surface area contributed by atoms with Crippen molar-refractivity contribution in [3.8, 4) is 0 Å². The van der Waals surface area contributed by atoms with Crippen LogP contribution in [0.15, 0.2) is 42.5 Å². The molecule has 0 bridgehead atoms. The lowest BCUT2D eigenvalue weighted by atomic mass is 9.70. The first-order chi connectivity index (χ1) is 14.4. The van der Waals surface area contributed by atoms with E-state index in [1.165, 1.54) is 16.7 Å². The molecule has 1 N–H and O–H groups in total. The zero-order valence-electron chi connectivity index (χ0n) is 18.6. The van der Waals surface area contributed by atoms with Gasteiger partial charge in [-0.2, -0.15) is 0 Å². The van der Waals surface area contributed by atoms with Gasteiger partial charge < -0.3 is 10.1 Å². The number of hydrogen-bond acceptors (Lipinski definition) is 3. The minimum absolute atomic E-state index is 0.0991. The highest BCUT2D eigenvalue weighted by molar-refractivity contribution is 6.31. The van der Waals surface area contributed by atoms with E-state index in [1.807, 2.05) is 13.8 Å². The van der Waals surface area contributed by atoms with Crippen LogP contribution in [0.4, 0.5) is 0 Å². The zero-order chi connectivity index (χ0) is 21.7. The number of esters is 1. The predicted octanol–water partition coefficient (Wildman–Crippen LogP) is 6.51. The summed E-state index contributed by atoms with van der Waals surface area (Å²) >= 11 is 6.49. The summed E-state index contributed by atoms with van der Waals surface area (Å²) in [5.41, 5.74) is 4.85. The van der Waals surface area contributed by atoms with Crippen molar-refractivity contribution in [3.63, 3.8) is 0 Å². The van der Waals surface area contributed by atoms with Crippen LogP contribution in [0, 0.1) is 19.8 Å². The van der Waals surface area contributed by atoms with E-state index in [-0.39, 0.29) is 29.9 Å². The molecule has 1 aliphatic carbocycles. The number of aryl methyl sites for hydroxylation is 2. The van der Waals surface area contributed by atoms with Gasteiger partial charge in [0.25, 0.3) is 0 Å². The summed E-state index contributed by atoms with van der Waals surface area (Å²) in [7, 11) is 0. The molecule has 4 unspecified atom stereocenters. The molecule has 1 saturated carbocycles. The van der Waals surface area contributed by atoms with Crippen LogP contribution in [0.5, 0.6) is 0 Å². The maximum Gasteiger partial charge on any atom is 0.306 e. The van der Waals surface area contributed by atoms with Crippen LogP contribution in [0.25, 0.3) is 0 Å². The Labute approximate surface area is 186 Å². The third-order valence-electron chi connectivity index (χ3n) is 6.39. The third kappa shape index (κ3) is 5.65. The van der Waals surface area contributed by atoms with Crippen LogP contribution < -0.4 is 5.32 Å². The SMILES string of the molecule is CCOC(=O)CC1CCCC(NC(C)c2ccc(C)cc2)C1c1ccc(C)c(Cl)c1. The van der Waals surface area contributed by atoms with E-state index in [4.69, 9.17) is 16.3 Å². The van der Waals surface area contributed by atoms with Gasteiger partial charge in [-0.1, -0.05) is 60.0 Å². The van der Waals surface area contributed by atoms with Gasteiger partial charge in [-0.15, -0.1) is 0 Å². The van der Waals surface area contributed by atoms with Gasteiger partial charge in [-0.3, -0.25) is 4.79 Å². The van der Waals surface area contributed by atoms with Gasteiger partial charge in [0.1, 0.15) is 0 Å². The van der Waals surface area contributed by atoms with E-state index in [0.717, 1.165) is 29.8 Å². The highest BCUT2D eigenvalue weighted by atomic mass is 35.5. The Morgan fingerprint density at radius 3 is 2.57 bits per heavy atom. The van der Waals surface area contributed by atoms with Crippen molar-refractivity contribution in [2.75, 3.05) is 6.61 Å². The molecule has 0 saturated heterocycles. The molecule has 1 fully saturated rings. The number of halogens is 1. The normalized spacial score (nSPS) is 22.5. The highest BCUT2D eigenvalue weighted by Crippen LogP contribution is 2.42. The molecule has 2 aromatic rings. The van der Waals surface area contributed by atoms with Crippen molar-refractivity contribution < 1.29 is 9.53 Å². The minimum atomic E-state index is -0.0991. The summed E-state index contributed by atoms with van der Waals surface area (Å²) in [6.07, 6.45) is 3.69. The Morgan fingerprint density at radius 2 is 1.90 bits per heavy atom. The molecule has 0 spiro atoms. The second-order valence-corrected chi connectivity index (χ2v) is 9.05. The summed E-state index contributed by atoms with van der Waals surface area (Å²) in [5.74, 6) is 0.381. The lowest BCUT2D eigenvalue weighted by molar-refractivity contribution is -0.144. The molecule has 30 heavy (non-hydrogen) atoms. The quantitative estimate of drug-likeness (QED) is 0.511. The summed E-state index contributed by atoms with van der Waals surface area (Å²) in [6, 6.07) is 15.6. The first-order valence-corrected chi connectivity index (χ1v) is 11.5. The molecule has 0 aromatic heterocycles. The van der Waals surface area contributed by atoms with Crippen LogP contribution in [-0.4, -0.2) is 18.6 Å². The molecular weight excluding hydrogens is 394 g/mol. The van der Waals surface area contributed by atoms with Crippen LogP contribution in [0.2, 0.25) is 5.02 Å². The minimum Gasteiger partial charge on any atom is -0.466 e. The maximum absolute atomic E-state index is 12.3. The Hall–Kier alpha value is -1.84. The topological polar surface area (TPSA) is 38.3 Å². The molecule has 3 rings (SSSR count). The Balaban J connectivity index is 1.87. The van der Waals surface area contributed by atoms with Crippen molar-refractivity contribution in [2.45, 2.75) is 71.4 Å². The van der Waals surface area contributed by atoms with Gasteiger partial charge in [0.15, 0.2) is 0 Å². The Morgan fingerprint density at radius 1 is 1.17 bits per heavy atom. The van der Waals surface area contributed by atoms with Gasteiger partial charge in [-0.05, 0) is 69.2 Å². The predicted molar refractivity (Wildman–Crippen MR) is 124 cm³/mol. The first kappa shape index (κ1) is 22.8. The zero-order valence-corrected chi connectivity index (χ0v) is 19.3. The molecule has 0 amide bonds. The summed E-state index contributed by atoms with van der Waals surface area (Å²) in [5, 5.41) is 4.67. The number of ether oxygens (including phenoxy) is 1. The monoisotopic (exact) mass is 427 g/mol. The fourth-order valence-electron chi connectivity index (χ4n) is 4.73. The van der Waals surface area contributed by atoms with Crippen molar-refractivity contribution in [2.24, 2.45) is 5.92 Å². The van der Waals surface area contributed by atoms with Gasteiger partial charge in [0.2, 0.25) is 0 Å². The molecule has 0 heterocycles. The molecule has 162 valence electrons. The highest BCUT2D eigenvalue weighted by Gasteiger charge is 2.36. The van der Waals surface area contributed by atoms with E-state index < -0.39 is 0 Å². The van der Waals surface area contributed by atoms with E-state index >= 15 is 0 Å². The molecule has 4 heteroatoms. The lowest BCUT2D eigenvalue weighted by Gasteiger charge is -2.40. The first-order valence-electron chi connectivity index (χ1n) is 11.1. The fourth-order valence-corrected chi connectivity index (χ4v) is 4.92. The summed E-state index contributed by atoms with van der Waals surface area (Å²) in [4.78, 5) is 12.3. The Kier molecular flexibility index (Phi) is 7.96. The molecule has 3 nitrogen and oxygen atoms in total. The number of hydrogen-bond donors (Lipinski definition) is 1. The van der Waals surface area contributed by atoms with E-state index in [9.17, 15) is 4.79 Å². The number of carbonyl (C=O) groups is 1. The molecule has 4 atom stereocenters. The molecule has 1 aliphatic rings.